The van der Waals surface area contributed by atoms with E-state index in [0.29, 0.717) is 22.4 Å². The van der Waals surface area contributed by atoms with Crippen LogP contribution >= 0.6 is 0 Å². The van der Waals surface area contributed by atoms with Crippen LogP contribution in [0.25, 0.3) is 11.0 Å². The SMILES string of the molecule is O=C1c2ccccc2C(=O)N1c1cccc2c3c(oc12)CCCC3. The van der Waals surface area contributed by atoms with E-state index in [-0.39, 0.29) is 11.8 Å². The summed E-state index contributed by atoms with van der Waals surface area (Å²) < 4.78 is 6.08. The van der Waals surface area contributed by atoms with E-state index in [1.54, 1.807) is 30.3 Å². The van der Waals surface area contributed by atoms with Crippen LogP contribution in [0.3, 0.4) is 0 Å². The molecule has 24 heavy (non-hydrogen) atoms. The molecule has 5 rings (SSSR count). The van der Waals surface area contributed by atoms with Crippen LogP contribution in [0.1, 0.15) is 44.9 Å². The summed E-state index contributed by atoms with van der Waals surface area (Å²) in [6.45, 7) is 0. The second kappa shape index (κ2) is 4.81. The standard InChI is InChI=1S/C20H15NO3/c22-19-14-7-1-2-8-15(14)20(23)21(19)16-10-5-9-13-12-6-3-4-11-17(12)24-18(13)16/h1-2,5,7-10H,3-4,6,11H2. The molecule has 0 N–H and O–H groups in total. The Balaban J connectivity index is 1.72. The van der Waals surface area contributed by atoms with E-state index in [2.05, 4.69) is 0 Å². The molecule has 0 unspecified atom stereocenters. The van der Waals surface area contributed by atoms with Gasteiger partial charge >= 0.3 is 0 Å². The Kier molecular flexibility index (Phi) is 2.71. The van der Waals surface area contributed by atoms with Crippen LogP contribution in [-0.4, -0.2) is 11.8 Å². The zero-order valence-corrected chi connectivity index (χ0v) is 13.0. The van der Waals surface area contributed by atoms with E-state index in [1.807, 2.05) is 12.1 Å². The Labute approximate surface area is 138 Å². The van der Waals surface area contributed by atoms with Crippen molar-refractivity contribution < 1.29 is 14.0 Å². The third kappa shape index (κ3) is 1.68. The van der Waals surface area contributed by atoms with Gasteiger partial charge in [-0.1, -0.05) is 24.3 Å². The van der Waals surface area contributed by atoms with Crippen LogP contribution in [0.4, 0.5) is 5.69 Å². The Hall–Kier alpha value is -2.88. The first-order valence-electron chi connectivity index (χ1n) is 8.27. The molecule has 1 aliphatic heterocycles. The summed E-state index contributed by atoms with van der Waals surface area (Å²) in [6, 6.07) is 12.7. The number of carbonyl (C=O) groups is 2. The van der Waals surface area contributed by atoms with Crippen molar-refractivity contribution in [3.63, 3.8) is 0 Å². The largest absolute Gasteiger partial charge is 0.459 e. The summed E-state index contributed by atoms with van der Waals surface area (Å²) in [5.74, 6) is 0.440. The van der Waals surface area contributed by atoms with Crippen LogP contribution in [0.15, 0.2) is 46.9 Å². The van der Waals surface area contributed by atoms with Gasteiger partial charge in [0.1, 0.15) is 5.76 Å². The number of amides is 2. The lowest BCUT2D eigenvalue weighted by Crippen LogP contribution is -2.29. The van der Waals surface area contributed by atoms with Crippen molar-refractivity contribution in [2.45, 2.75) is 25.7 Å². The predicted octanol–water partition coefficient (Wildman–Crippen LogP) is 4.11. The van der Waals surface area contributed by atoms with Crippen molar-refractivity contribution in [2.24, 2.45) is 0 Å². The molecule has 0 spiro atoms. The third-order valence-corrected chi connectivity index (χ3v) is 5.00. The van der Waals surface area contributed by atoms with Crippen LogP contribution in [0.5, 0.6) is 0 Å². The fourth-order valence-corrected chi connectivity index (χ4v) is 3.85. The van der Waals surface area contributed by atoms with Gasteiger partial charge in [-0.15, -0.1) is 0 Å². The van der Waals surface area contributed by atoms with Gasteiger partial charge in [0.2, 0.25) is 0 Å². The van der Waals surface area contributed by atoms with Crippen LogP contribution < -0.4 is 4.90 Å². The number of para-hydroxylation sites is 1. The van der Waals surface area contributed by atoms with Crippen molar-refractivity contribution in [2.75, 3.05) is 4.90 Å². The van der Waals surface area contributed by atoms with Crippen molar-refractivity contribution in [3.05, 3.63) is 64.9 Å². The minimum Gasteiger partial charge on any atom is -0.459 e. The first kappa shape index (κ1) is 13.5. The predicted molar refractivity (Wildman–Crippen MR) is 90.4 cm³/mol. The van der Waals surface area contributed by atoms with E-state index >= 15 is 0 Å². The van der Waals surface area contributed by atoms with Gasteiger partial charge in [-0.3, -0.25) is 9.59 Å². The van der Waals surface area contributed by atoms with E-state index < -0.39 is 0 Å². The first-order valence-corrected chi connectivity index (χ1v) is 8.27. The Bertz CT molecular complexity index is 980. The zero-order chi connectivity index (χ0) is 16.3. The minimum atomic E-state index is -0.280. The topological polar surface area (TPSA) is 50.5 Å². The molecular weight excluding hydrogens is 302 g/mol. The number of imide groups is 1. The summed E-state index contributed by atoms with van der Waals surface area (Å²) in [6.07, 6.45) is 4.19. The van der Waals surface area contributed by atoms with Crippen LogP contribution in [-0.2, 0) is 12.8 Å². The molecule has 4 nitrogen and oxygen atoms in total. The molecule has 3 aromatic rings. The highest BCUT2D eigenvalue weighted by Crippen LogP contribution is 2.39. The Morgan fingerprint density at radius 2 is 1.54 bits per heavy atom. The average molecular weight is 317 g/mol. The number of carbonyl (C=O) groups excluding carboxylic acids is 2. The number of benzene rings is 2. The van der Waals surface area contributed by atoms with Gasteiger partial charge in [-0.05, 0) is 37.5 Å². The molecule has 1 aromatic heterocycles. The number of hydrogen-bond acceptors (Lipinski definition) is 3. The fourth-order valence-electron chi connectivity index (χ4n) is 3.85. The van der Waals surface area contributed by atoms with Gasteiger partial charge in [0.25, 0.3) is 11.8 Å². The number of aryl methyl sites for hydroxylation is 2. The molecule has 0 fully saturated rings. The van der Waals surface area contributed by atoms with Gasteiger partial charge in [0, 0.05) is 17.4 Å². The summed E-state index contributed by atoms with van der Waals surface area (Å²) in [5.41, 5.74) is 3.34. The van der Waals surface area contributed by atoms with E-state index in [4.69, 9.17) is 4.42 Å². The van der Waals surface area contributed by atoms with Gasteiger partial charge in [-0.25, -0.2) is 4.90 Å². The fraction of sp³-hybridized carbons (Fsp3) is 0.200. The van der Waals surface area contributed by atoms with Gasteiger partial charge < -0.3 is 4.42 Å². The number of anilines is 1. The summed E-state index contributed by atoms with van der Waals surface area (Å²) in [4.78, 5) is 26.8. The second-order valence-corrected chi connectivity index (χ2v) is 6.36. The number of furan rings is 1. The Morgan fingerprint density at radius 1 is 0.833 bits per heavy atom. The van der Waals surface area contributed by atoms with Crippen molar-refractivity contribution in [1.29, 1.82) is 0 Å². The smallest absolute Gasteiger partial charge is 0.266 e. The summed E-state index contributed by atoms with van der Waals surface area (Å²) in [7, 11) is 0. The lowest BCUT2D eigenvalue weighted by Gasteiger charge is -2.14. The lowest BCUT2D eigenvalue weighted by molar-refractivity contribution is 0.0926. The molecule has 0 saturated heterocycles. The van der Waals surface area contributed by atoms with E-state index in [9.17, 15) is 9.59 Å². The highest BCUT2D eigenvalue weighted by atomic mass is 16.3. The molecule has 2 heterocycles. The monoisotopic (exact) mass is 317 g/mol. The number of nitrogens with zero attached hydrogens (tertiary/aromatic N) is 1. The van der Waals surface area contributed by atoms with Gasteiger partial charge in [0.15, 0.2) is 5.58 Å². The molecule has 0 radical (unpaired) electrons. The Morgan fingerprint density at radius 3 is 2.29 bits per heavy atom. The molecule has 2 amide bonds. The molecule has 2 aliphatic rings. The summed E-state index contributed by atoms with van der Waals surface area (Å²) >= 11 is 0. The first-order chi connectivity index (χ1) is 11.8. The summed E-state index contributed by atoms with van der Waals surface area (Å²) in [5, 5.41) is 1.03. The van der Waals surface area contributed by atoms with Crippen molar-refractivity contribution in [1.82, 2.24) is 0 Å². The number of hydrogen-bond donors (Lipinski definition) is 0. The normalized spacial score (nSPS) is 16.6. The molecule has 2 aromatic carbocycles. The van der Waals surface area contributed by atoms with Crippen molar-refractivity contribution in [3.8, 4) is 0 Å². The molecule has 118 valence electrons. The van der Waals surface area contributed by atoms with Gasteiger partial charge in [0.05, 0.1) is 16.8 Å². The van der Waals surface area contributed by atoms with Crippen LogP contribution in [0, 0.1) is 0 Å². The van der Waals surface area contributed by atoms with E-state index in [0.717, 1.165) is 36.8 Å². The number of rotatable bonds is 1. The van der Waals surface area contributed by atoms with Gasteiger partial charge in [-0.2, -0.15) is 0 Å². The second-order valence-electron chi connectivity index (χ2n) is 6.36. The van der Waals surface area contributed by atoms with E-state index in [1.165, 1.54) is 10.5 Å². The maximum Gasteiger partial charge on any atom is 0.266 e. The third-order valence-electron chi connectivity index (χ3n) is 5.00. The zero-order valence-electron chi connectivity index (χ0n) is 13.0. The number of fused-ring (bicyclic) bond motifs is 4. The van der Waals surface area contributed by atoms with Crippen molar-refractivity contribution >= 4 is 28.5 Å². The molecular formula is C20H15NO3. The molecule has 0 bridgehead atoms. The highest BCUT2D eigenvalue weighted by molar-refractivity contribution is 6.35. The highest BCUT2D eigenvalue weighted by Gasteiger charge is 2.38. The quantitative estimate of drug-likeness (QED) is 0.635. The molecule has 1 aliphatic carbocycles. The average Bonchev–Trinajstić information content (AvgIpc) is 3.12. The lowest BCUT2D eigenvalue weighted by atomic mass is 9.96. The molecule has 0 atom stereocenters. The van der Waals surface area contributed by atoms with Crippen LogP contribution in [0.2, 0.25) is 0 Å². The maximum absolute atomic E-state index is 12.8. The minimum absolute atomic E-state index is 0.280. The maximum atomic E-state index is 12.8. The molecule has 0 saturated carbocycles. The molecule has 4 heteroatoms.